The van der Waals surface area contributed by atoms with Crippen molar-refractivity contribution in [3.8, 4) is 11.5 Å². The smallest absolute Gasteiger partial charge is 0.133 e. The van der Waals surface area contributed by atoms with Crippen LogP contribution in [0.2, 0.25) is 0 Å². The van der Waals surface area contributed by atoms with Gasteiger partial charge in [0.25, 0.3) is 0 Å². The van der Waals surface area contributed by atoms with Crippen LogP contribution in [-0.4, -0.2) is 10.2 Å². The van der Waals surface area contributed by atoms with E-state index in [1.807, 2.05) is 6.92 Å². The van der Waals surface area contributed by atoms with Gasteiger partial charge in [0.05, 0.1) is 4.47 Å². The Hall–Kier alpha value is -0.700. The predicted molar refractivity (Wildman–Crippen MR) is 46.9 cm³/mol. The Kier molecular flexibility index (Phi) is 2.09. The Balaban J connectivity index is 3.46. The van der Waals surface area contributed by atoms with Crippen molar-refractivity contribution in [2.45, 2.75) is 13.8 Å². The van der Waals surface area contributed by atoms with Gasteiger partial charge < -0.3 is 10.2 Å². The SMILES string of the molecule is Cc1c(O)cc(O)c(Br)c1C. The van der Waals surface area contributed by atoms with Gasteiger partial charge in [-0.25, -0.2) is 0 Å². The second kappa shape index (κ2) is 2.74. The van der Waals surface area contributed by atoms with Gasteiger partial charge >= 0.3 is 0 Å². The molecular formula is C8H9BrO2. The first-order chi connectivity index (χ1) is 5.04. The Morgan fingerprint density at radius 1 is 1.09 bits per heavy atom. The summed E-state index contributed by atoms with van der Waals surface area (Å²) in [6, 6.07) is 1.33. The van der Waals surface area contributed by atoms with Gasteiger partial charge in [0.1, 0.15) is 11.5 Å². The fourth-order valence-corrected chi connectivity index (χ4v) is 1.26. The highest BCUT2D eigenvalue weighted by atomic mass is 79.9. The molecule has 1 aromatic carbocycles. The highest BCUT2D eigenvalue weighted by molar-refractivity contribution is 9.10. The van der Waals surface area contributed by atoms with Crippen LogP contribution in [0.25, 0.3) is 0 Å². The Morgan fingerprint density at radius 3 is 2.18 bits per heavy atom. The molecule has 2 nitrogen and oxygen atoms in total. The largest absolute Gasteiger partial charge is 0.508 e. The molecule has 0 fully saturated rings. The van der Waals surface area contributed by atoms with E-state index in [2.05, 4.69) is 15.9 Å². The van der Waals surface area contributed by atoms with Crippen LogP contribution < -0.4 is 0 Å². The first kappa shape index (κ1) is 8.40. The summed E-state index contributed by atoms with van der Waals surface area (Å²) >= 11 is 3.20. The minimum Gasteiger partial charge on any atom is -0.508 e. The molecule has 2 N–H and O–H groups in total. The fraction of sp³-hybridized carbons (Fsp3) is 0.250. The number of rotatable bonds is 0. The van der Waals surface area contributed by atoms with Gasteiger partial charge in [-0.15, -0.1) is 0 Å². The molecule has 0 saturated carbocycles. The molecule has 0 aliphatic heterocycles. The van der Waals surface area contributed by atoms with Crippen LogP contribution in [-0.2, 0) is 0 Å². The maximum Gasteiger partial charge on any atom is 0.133 e. The summed E-state index contributed by atoms with van der Waals surface area (Å²) in [7, 11) is 0. The molecule has 0 aliphatic carbocycles. The van der Waals surface area contributed by atoms with E-state index in [1.54, 1.807) is 6.92 Å². The van der Waals surface area contributed by atoms with Gasteiger partial charge in [0.2, 0.25) is 0 Å². The summed E-state index contributed by atoms with van der Waals surface area (Å²) in [5, 5.41) is 18.4. The van der Waals surface area contributed by atoms with Crippen LogP contribution >= 0.6 is 15.9 Å². The van der Waals surface area contributed by atoms with Crippen LogP contribution in [0, 0.1) is 13.8 Å². The third kappa shape index (κ3) is 1.33. The minimum atomic E-state index is 0.0746. The molecule has 0 spiro atoms. The van der Waals surface area contributed by atoms with Gasteiger partial charge in [-0.2, -0.15) is 0 Å². The van der Waals surface area contributed by atoms with Crippen molar-refractivity contribution < 1.29 is 10.2 Å². The molecule has 0 saturated heterocycles. The zero-order valence-electron chi connectivity index (χ0n) is 6.35. The molecule has 0 heterocycles. The standard InChI is InChI=1S/C8H9BrO2/c1-4-5(2)8(9)7(11)3-6(4)10/h3,10-11H,1-2H3. The summed E-state index contributed by atoms with van der Waals surface area (Å²) in [5.41, 5.74) is 1.65. The molecule has 1 rings (SSSR count). The number of phenolic OH excluding ortho intramolecular Hbond substituents is 2. The second-order valence-corrected chi connectivity index (χ2v) is 3.27. The molecule has 60 valence electrons. The van der Waals surface area contributed by atoms with Crippen molar-refractivity contribution in [1.29, 1.82) is 0 Å². The third-order valence-corrected chi connectivity index (χ3v) is 2.78. The molecule has 0 unspecified atom stereocenters. The molecule has 3 heteroatoms. The highest BCUT2D eigenvalue weighted by Gasteiger charge is 2.07. The van der Waals surface area contributed by atoms with Crippen LogP contribution in [0.4, 0.5) is 0 Å². The average Bonchev–Trinajstić information content (AvgIpc) is 1.97. The van der Waals surface area contributed by atoms with Crippen LogP contribution in [0.1, 0.15) is 11.1 Å². The monoisotopic (exact) mass is 216 g/mol. The molecule has 0 atom stereocenters. The summed E-state index contributed by atoms with van der Waals surface area (Å²) in [4.78, 5) is 0. The minimum absolute atomic E-state index is 0.0746. The zero-order valence-corrected chi connectivity index (χ0v) is 7.94. The predicted octanol–water partition coefficient (Wildman–Crippen LogP) is 2.48. The van der Waals surface area contributed by atoms with E-state index < -0.39 is 0 Å². The Morgan fingerprint density at radius 2 is 1.64 bits per heavy atom. The molecule has 11 heavy (non-hydrogen) atoms. The van der Waals surface area contributed by atoms with Crippen LogP contribution in [0.15, 0.2) is 10.5 Å². The van der Waals surface area contributed by atoms with E-state index in [1.165, 1.54) is 6.07 Å². The number of hydrogen-bond donors (Lipinski definition) is 2. The lowest BCUT2D eigenvalue weighted by Crippen LogP contribution is -1.83. The highest BCUT2D eigenvalue weighted by Crippen LogP contribution is 2.34. The van der Waals surface area contributed by atoms with E-state index in [9.17, 15) is 10.2 Å². The molecule has 1 aromatic rings. The van der Waals surface area contributed by atoms with Gasteiger partial charge in [0.15, 0.2) is 0 Å². The molecular weight excluding hydrogens is 208 g/mol. The van der Waals surface area contributed by atoms with Crippen LogP contribution in [0.3, 0.4) is 0 Å². The van der Waals surface area contributed by atoms with Gasteiger partial charge in [0, 0.05) is 6.07 Å². The van der Waals surface area contributed by atoms with E-state index in [4.69, 9.17) is 0 Å². The lowest BCUT2D eigenvalue weighted by atomic mass is 10.1. The second-order valence-electron chi connectivity index (χ2n) is 2.48. The Bertz CT molecular complexity index is 268. The van der Waals surface area contributed by atoms with Gasteiger partial charge in [-0.3, -0.25) is 0 Å². The maximum absolute atomic E-state index is 9.22. The van der Waals surface area contributed by atoms with E-state index in [0.29, 0.717) is 4.47 Å². The number of phenols is 2. The molecule has 0 amide bonds. The Labute approximate surface area is 73.6 Å². The fourth-order valence-electron chi connectivity index (χ4n) is 0.850. The van der Waals surface area contributed by atoms with E-state index in [-0.39, 0.29) is 11.5 Å². The third-order valence-electron chi connectivity index (χ3n) is 1.77. The zero-order chi connectivity index (χ0) is 8.59. The number of aromatic hydroxyl groups is 2. The first-order valence-electron chi connectivity index (χ1n) is 3.21. The summed E-state index contributed by atoms with van der Waals surface area (Å²) < 4.78 is 0.646. The lowest BCUT2D eigenvalue weighted by molar-refractivity contribution is 0.444. The van der Waals surface area contributed by atoms with Crippen molar-refractivity contribution >= 4 is 15.9 Å². The van der Waals surface area contributed by atoms with Gasteiger partial charge in [-0.05, 0) is 40.9 Å². The lowest BCUT2D eigenvalue weighted by Gasteiger charge is -2.06. The summed E-state index contributed by atoms with van der Waals surface area (Å²) in [5.74, 6) is 0.203. The molecule has 0 bridgehead atoms. The first-order valence-corrected chi connectivity index (χ1v) is 4.01. The topological polar surface area (TPSA) is 40.5 Å². The van der Waals surface area contributed by atoms with Crippen molar-refractivity contribution in [1.82, 2.24) is 0 Å². The van der Waals surface area contributed by atoms with E-state index >= 15 is 0 Å². The van der Waals surface area contributed by atoms with Crippen molar-refractivity contribution in [3.63, 3.8) is 0 Å². The average molecular weight is 217 g/mol. The normalized spacial score (nSPS) is 10.1. The maximum atomic E-state index is 9.22. The van der Waals surface area contributed by atoms with Crippen LogP contribution in [0.5, 0.6) is 11.5 Å². The number of halogens is 1. The quantitative estimate of drug-likeness (QED) is 0.700. The van der Waals surface area contributed by atoms with Crippen molar-refractivity contribution in [2.24, 2.45) is 0 Å². The molecule has 0 aliphatic rings. The van der Waals surface area contributed by atoms with Gasteiger partial charge in [-0.1, -0.05) is 0 Å². The number of hydrogen-bond acceptors (Lipinski definition) is 2. The summed E-state index contributed by atoms with van der Waals surface area (Å²) in [6.45, 7) is 3.63. The van der Waals surface area contributed by atoms with E-state index in [0.717, 1.165) is 11.1 Å². The summed E-state index contributed by atoms with van der Waals surface area (Å²) in [6.07, 6.45) is 0. The molecule has 0 radical (unpaired) electrons. The molecule has 0 aromatic heterocycles. The number of benzene rings is 1. The van der Waals surface area contributed by atoms with Crippen molar-refractivity contribution in [3.05, 3.63) is 21.7 Å². The van der Waals surface area contributed by atoms with Crippen molar-refractivity contribution in [2.75, 3.05) is 0 Å².